The van der Waals surface area contributed by atoms with Crippen LogP contribution in [0.25, 0.3) is 0 Å². The van der Waals surface area contributed by atoms with Crippen molar-refractivity contribution in [3.8, 4) is 0 Å². The van der Waals surface area contributed by atoms with E-state index in [4.69, 9.17) is 0 Å². The molecular formula is C11H16BrNO. The van der Waals surface area contributed by atoms with Crippen molar-refractivity contribution >= 4 is 21.6 Å². The highest BCUT2D eigenvalue weighted by Crippen LogP contribution is 2.22. The van der Waals surface area contributed by atoms with E-state index in [0.29, 0.717) is 6.54 Å². The molecule has 1 N–H and O–H groups in total. The van der Waals surface area contributed by atoms with Crippen LogP contribution in [0.15, 0.2) is 22.7 Å². The third kappa shape index (κ3) is 3.00. The van der Waals surface area contributed by atoms with Crippen molar-refractivity contribution in [2.24, 2.45) is 0 Å². The maximum absolute atomic E-state index is 9.26. The molecule has 3 heteroatoms. The lowest BCUT2D eigenvalue weighted by Crippen LogP contribution is -2.26. The Hall–Kier alpha value is -0.540. The van der Waals surface area contributed by atoms with Crippen LogP contribution in [0, 0.1) is 6.92 Å². The summed E-state index contributed by atoms with van der Waals surface area (Å²) in [7, 11) is 1.98. The van der Waals surface area contributed by atoms with Crippen LogP contribution < -0.4 is 4.90 Å². The molecule has 0 aliphatic carbocycles. The second-order valence-corrected chi connectivity index (χ2v) is 4.52. The number of halogens is 1. The van der Waals surface area contributed by atoms with Gasteiger partial charge in [-0.15, -0.1) is 0 Å². The number of aliphatic hydroxyl groups excluding tert-OH is 1. The summed E-state index contributed by atoms with van der Waals surface area (Å²) in [6.45, 7) is 4.51. The zero-order valence-corrected chi connectivity index (χ0v) is 10.4. The summed E-state index contributed by atoms with van der Waals surface area (Å²) in [5.41, 5.74) is 2.34. The van der Waals surface area contributed by atoms with Crippen molar-refractivity contribution in [2.45, 2.75) is 20.0 Å². The number of benzene rings is 1. The Morgan fingerprint density at radius 2 is 2.14 bits per heavy atom. The number of aryl methyl sites for hydroxylation is 1. The van der Waals surface area contributed by atoms with E-state index < -0.39 is 0 Å². The van der Waals surface area contributed by atoms with E-state index in [1.807, 2.05) is 24.1 Å². The molecule has 0 fully saturated rings. The van der Waals surface area contributed by atoms with E-state index in [9.17, 15) is 5.11 Å². The highest BCUT2D eigenvalue weighted by atomic mass is 79.9. The summed E-state index contributed by atoms with van der Waals surface area (Å²) in [4.78, 5) is 2.05. The number of hydrogen-bond acceptors (Lipinski definition) is 2. The monoisotopic (exact) mass is 257 g/mol. The van der Waals surface area contributed by atoms with Crippen LogP contribution in [0.1, 0.15) is 12.5 Å². The molecule has 0 bridgehead atoms. The molecule has 1 aromatic carbocycles. The molecule has 2 nitrogen and oxygen atoms in total. The van der Waals surface area contributed by atoms with Crippen LogP contribution in [0.3, 0.4) is 0 Å². The Bertz CT molecular complexity index is 312. The van der Waals surface area contributed by atoms with Gasteiger partial charge in [-0.05, 0) is 37.6 Å². The van der Waals surface area contributed by atoms with Crippen LogP contribution in [-0.2, 0) is 0 Å². The highest BCUT2D eigenvalue weighted by Gasteiger charge is 2.05. The fourth-order valence-electron chi connectivity index (χ4n) is 1.37. The average Bonchev–Trinajstić information content (AvgIpc) is 2.08. The largest absolute Gasteiger partial charge is 0.392 e. The fraction of sp³-hybridized carbons (Fsp3) is 0.455. The molecule has 1 unspecified atom stereocenters. The Labute approximate surface area is 93.7 Å². The first-order valence-corrected chi connectivity index (χ1v) is 5.45. The molecule has 1 atom stereocenters. The molecular weight excluding hydrogens is 242 g/mol. The van der Waals surface area contributed by atoms with E-state index in [1.54, 1.807) is 6.92 Å². The van der Waals surface area contributed by atoms with Gasteiger partial charge in [0.1, 0.15) is 0 Å². The van der Waals surface area contributed by atoms with Crippen LogP contribution in [0.2, 0.25) is 0 Å². The van der Waals surface area contributed by atoms with Gasteiger partial charge < -0.3 is 10.0 Å². The molecule has 0 heterocycles. The predicted octanol–water partition coefficient (Wildman–Crippen LogP) is 2.57. The number of rotatable bonds is 3. The van der Waals surface area contributed by atoms with Gasteiger partial charge in [-0.1, -0.05) is 15.9 Å². The molecule has 0 aromatic heterocycles. The first kappa shape index (κ1) is 11.5. The van der Waals surface area contributed by atoms with Gasteiger partial charge in [0.2, 0.25) is 0 Å². The topological polar surface area (TPSA) is 23.5 Å². The van der Waals surface area contributed by atoms with Crippen molar-refractivity contribution in [3.63, 3.8) is 0 Å². The molecule has 1 rings (SSSR count). The normalized spacial score (nSPS) is 12.6. The maximum Gasteiger partial charge on any atom is 0.0686 e. The van der Waals surface area contributed by atoms with E-state index in [2.05, 4.69) is 28.9 Å². The van der Waals surface area contributed by atoms with Crippen molar-refractivity contribution in [3.05, 3.63) is 28.2 Å². The molecule has 0 radical (unpaired) electrons. The van der Waals surface area contributed by atoms with Crippen molar-refractivity contribution in [2.75, 3.05) is 18.5 Å². The third-order valence-corrected chi connectivity index (χ3v) is 3.01. The lowest BCUT2D eigenvalue weighted by molar-refractivity contribution is 0.201. The lowest BCUT2D eigenvalue weighted by atomic mass is 10.2. The first-order valence-electron chi connectivity index (χ1n) is 4.66. The quantitative estimate of drug-likeness (QED) is 0.900. The van der Waals surface area contributed by atoms with Crippen LogP contribution in [-0.4, -0.2) is 24.8 Å². The Balaban J connectivity index is 2.80. The minimum Gasteiger partial charge on any atom is -0.392 e. The number of nitrogens with zero attached hydrogens (tertiary/aromatic N) is 1. The first-order chi connectivity index (χ1) is 6.50. The zero-order valence-electron chi connectivity index (χ0n) is 8.79. The molecule has 1 aromatic rings. The molecule has 0 aliphatic heterocycles. The zero-order chi connectivity index (χ0) is 10.7. The Kier molecular flexibility index (Phi) is 3.96. The number of hydrogen-bond donors (Lipinski definition) is 1. The van der Waals surface area contributed by atoms with E-state index >= 15 is 0 Å². The minimum atomic E-state index is -0.302. The van der Waals surface area contributed by atoms with Gasteiger partial charge >= 0.3 is 0 Å². The molecule has 0 saturated carbocycles. The summed E-state index contributed by atoms with van der Waals surface area (Å²) in [6.07, 6.45) is -0.302. The minimum absolute atomic E-state index is 0.302. The van der Waals surface area contributed by atoms with Gasteiger partial charge in [-0.25, -0.2) is 0 Å². The van der Waals surface area contributed by atoms with E-state index in [-0.39, 0.29) is 6.10 Å². The maximum atomic E-state index is 9.26. The van der Waals surface area contributed by atoms with Crippen molar-refractivity contribution in [1.29, 1.82) is 0 Å². The van der Waals surface area contributed by atoms with Crippen molar-refractivity contribution in [1.82, 2.24) is 0 Å². The van der Waals surface area contributed by atoms with Gasteiger partial charge in [-0.3, -0.25) is 0 Å². The fourth-order valence-corrected chi connectivity index (χ4v) is 1.61. The molecule has 14 heavy (non-hydrogen) atoms. The van der Waals surface area contributed by atoms with Gasteiger partial charge in [0.25, 0.3) is 0 Å². The van der Waals surface area contributed by atoms with Crippen LogP contribution in [0.4, 0.5) is 5.69 Å². The van der Waals surface area contributed by atoms with Gasteiger partial charge in [-0.2, -0.15) is 0 Å². The average molecular weight is 258 g/mol. The Morgan fingerprint density at radius 3 is 2.64 bits per heavy atom. The molecule has 0 amide bonds. The van der Waals surface area contributed by atoms with Gasteiger partial charge in [0, 0.05) is 23.8 Å². The third-order valence-electron chi connectivity index (χ3n) is 2.12. The van der Waals surface area contributed by atoms with Crippen LogP contribution in [0.5, 0.6) is 0 Å². The lowest BCUT2D eigenvalue weighted by Gasteiger charge is -2.21. The standard InChI is InChI=1S/C11H16BrNO/c1-8-6-10(4-5-11(8)12)13(3)7-9(2)14/h4-6,9,14H,7H2,1-3H3. The van der Waals surface area contributed by atoms with E-state index in [0.717, 1.165) is 10.2 Å². The molecule has 78 valence electrons. The summed E-state index contributed by atoms with van der Waals surface area (Å²) in [5, 5.41) is 9.26. The number of likely N-dealkylation sites (N-methyl/N-ethyl adjacent to an activating group) is 1. The number of anilines is 1. The number of aliphatic hydroxyl groups is 1. The summed E-state index contributed by atoms with van der Waals surface area (Å²) < 4.78 is 1.12. The molecule has 0 aliphatic rings. The smallest absolute Gasteiger partial charge is 0.0686 e. The summed E-state index contributed by atoms with van der Waals surface area (Å²) >= 11 is 3.46. The van der Waals surface area contributed by atoms with Crippen molar-refractivity contribution < 1.29 is 5.11 Å². The van der Waals surface area contributed by atoms with Gasteiger partial charge in [0.15, 0.2) is 0 Å². The molecule has 0 spiro atoms. The van der Waals surface area contributed by atoms with Crippen LogP contribution >= 0.6 is 15.9 Å². The SMILES string of the molecule is Cc1cc(N(C)CC(C)O)ccc1Br. The highest BCUT2D eigenvalue weighted by molar-refractivity contribution is 9.10. The van der Waals surface area contributed by atoms with Gasteiger partial charge in [0.05, 0.1) is 6.10 Å². The second-order valence-electron chi connectivity index (χ2n) is 3.66. The predicted molar refractivity (Wildman–Crippen MR) is 63.8 cm³/mol. The summed E-state index contributed by atoms with van der Waals surface area (Å²) in [6, 6.07) is 6.18. The Morgan fingerprint density at radius 1 is 1.50 bits per heavy atom. The molecule has 0 saturated heterocycles. The second kappa shape index (κ2) is 4.80. The van der Waals surface area contributed by atoms with E-state index in [1.165, 1.54) is 5.56 Å². The summed E-state index contributed by atoms with van der Waals surface area (Å²) in [5.74, 6) is 0.